The molecule has 0 fully saturated rings. The van der Waals surface area contributed by atoms with Crippen molar-refractivity contribution in [3.05, 3.63) is 94.5 Å². The predicted octanol–water partition coefficient (Wildman–Crippen LogP) is 4.46. The molecule has 0 aliphatic carbocycles. The Morgan fingerprint density at radius 2 is 1.42 bits per heavy atom. The number of nitro benzene ring substituents is 1. The van der Waals surface area contributed by atoms with Crippen LogP contribution in [0.1, 0.15) is 5.56 Å². The van der Waals surface area contributed by atoms with Gasteiger partial charge in [-0.3, -0.25) is 10.1 Å². The molecule has 3 rings (SSSR count). The van der Waals surface area contributed by atoms with E-state index in [0.717, 1.165) is 25.3 Å². The molecule has 0 amide bonds. The van der Waals surface area contributed by atoms with Gasteiger partial charge in [0.05, 0.1) is 4.92 Å². The van der Waals surface area contributed by atoms with E-state index >= 15 is 0 Å². The van der Waals surface area contributed by atoms with Crippen LogP contribution in [0, 0.1) is 10.1 Å². The standard InChI is InChI=1S/C21H21N3O2/c25-24(26)21-12-10-20(11-13-21)23-15-14-22-16-17-6-8-19(9-7-17)18-4-2-1-3-5-18/h1-13,22-23H,14-16H2. The fraction of sp³-hybridized carbons (Fsp3) is 0.143. The topological polar surface area (TPSA) is 67.2 Å². The van der Waals surface area contributed by atoms with Crippen LogP contribution in [0.4, 0.5) is 11.4 Å². The van der Waals surface area contributed by atoms with Crippen LogP contribution in [0.15, 0.2) is 78.9 Å². The van der Waals surface area contributed by atoms with Gasteiger partial charge in [0.2, 0.25) is 0 Å². The third kappa shape index (κ3) is 4.91. The molecule has 5 heteroatoms. The quantitative estimate of drug-likeness (QED) is 0.358. The van der Waals surface area contributed by atoms with Crippen molar-refractivity contribution < 1.29 is 4.92 Å². The number of rotatable bonds is 8. The Kier molecular flexibility index (Phi) is 5.96. The number of benzene rings is 3. The summed E-state index contributed by atoms with van der Waals surface area (Å²) >= 11 is 0. The molecule has 0 saturated carbocycles. The average Bonchev–Trinajstić information content (AvgIpc) is 2.69. The number of nitro groups is 1. The molecule has 0 radical (unpaired) electrons. The van der Waals surface area contributed by atoms with E-state index in [1.165, 1.54) is 28.8 Å². The van der Waals surface area contributed by atoms with Crippen molar-refractivity contribution in [1.82, 2.24) is 5.32 Å². The molecule has 0 bridgehead atoms. The molecule has 0 aliphatic heterocycles. The summed E-state index contributed by atoms with van der Waals surface area (Å²) in [6.07, 6.45) is 0. The summed E-state index contributed by atoms with van der Waals surface area (Å²) in [5.74, 6) is 0. The van der Waals surface area contributed by atoms with E-state index in [-0.39, 0.29) is 5.69 Å². The maximum atomic E-state index is 10.6. The predicted molar refractivity (Wildman–Crippen MR) is 105 cm³/mol. The van der Waals surface area contributed by atoms with Crippen LogP contribution in [-0.4, -0.2) is 18.0 Å². The Labute approximate surface area is 152 Å². The molecule has 0 aliphatic rings. The zero-order chi connectivity index (χ0) is 18.2. The summed E-state index contributed by atoms with van der Waals surface area (Å²) in [5.41, 5.74) is 4.66. The summed E-state index contributed by atoms with van der Waals surface area (Å²) < 4.78 is 0. The maximum absolute atomic E-state index is 10.6. The van der Waals surface area contributed by atoms with E-state index in [9.17, 15) is 10.1 Å². The third-order valence-electron chi connectivity index (χ3n) is 4.10. The summed E-state index contributed by atoms with van der Waals surface area (Å²) in [6, 6.07) is 25.3. The summed E-state index contributed by atoms with van der Waals surface area (Å²) in [5, 5.41) is 17.3. The Balaban J connectivity index is 1.40. The first-order valence-corrected chi connectivity index (χ1v) is 8.56. The van der Waals surface area contributed by atoms with Crippen LogP contribution >= 0.6 is 0 Å². The van der Waals surface area contributed by atoms with Gasteiger partial charge in [0, 0.05) is 37.5 Å². The first kappa shape index (κ1) is 17.6. The number of nitrogens with one attached hydrogen (secondary N) is 2. The lowest BCUT2D eigenvalue weighted by atomic mass is 10.0. The lowest BCUT2D eigenvalue weighted by Crippen LogP contribution is -2.21. The molecule has 132 valence electrons. The fourth-order valence-electron chi connectivity index (χ4n) is 2.67. The highest BCUT2D eigenvalue weighted by Crippen LogP contribution is 2.19. The van der Waals surface area contributed by atoms with E-state index in [0.29, 0.717) is 0 Å². The molecule has 0 heterocycles. The zero-order valence-electron chi connectivity index (χ0n) is 14.4. The highest BCUT2D eigenvalue weighted by Gasteiger charge is 2.03. The molecule has 5 nitrogen and oxygen atoms in total. The summed E-state index contributed by atoms with van der Waals surface area (Å²) in [7, 11) is 0. The van der Waals surface area contributed by atoms with Crippen molar-refractivity contribution in [2.45, 2.75) is 6.54 Å². The Morgan fingerprint density at radius 1 is 0.769 bits per heavy atom. The van der Waals surface area contributed by atoms with E-state index in [1.54, 1.807) is 12.1 Å². The van der Waals surface area contributed by atoms with Crippen molar-refractivity contribution >= 4 is 11.4 Å². The minimum atomic E-state index is -0.394. The lowest BCUT2D eigenvalue weighted by Gasteiger charge is -2.08. The molecule has 26 heavy (non-hydrogen) atoms. The minimum absolute atomic E-state index is 0.104. The van der Waals surface area contributed by atoms with E-state index < -0.39 is 4.92 Å². The van der Waals surface area contributed by atoms with Crippen LogP contribution in [0.3, 0.4) is 0 Å². The monoisotopic (exact) mass is 347 g/mol. The normalized spacial score (nSPS) is 10.5. The smallest absolute Gasteiger partial charge is 0.269 e. The van der Waals surface area contributed by atoms with Crippen molar-refractivity contribution in [3.63, 3.8) is 0 Å². The van der Waals surface area contributed by atoms with Crippen molar-refractivity contribution in [2.24, 2.45) is 0 Å². The van der Waals surface area contributed by atoms with Crippen molar-refractivity contribution in [2.75, 3.05) is 18.4 Å². The number of hydrogen-bond donors (Lipinski definition) is 2. The molecular weight excluding hydrogens is 326 g/mol. The SMILES string of the molecule is O=[N+]([O-])c1ccc(NCCNCc2ccc(-c3ccccc3)cc2)cc1. The molecule has 0 atom stereocenters. The molecule has 0 spiro atoms. The average molecular weight is 347 g/mol. The second kappa shape index (κ2) is 8.78. The van der Waals surface area contributed by atoms with Gasteiger partial charge in [-0.1, -0.05) is 54.6 Å². The van der Waals surface area contributed by atoms with Crippen LogP contribution in [-0.2, 0) is 6.54 Å². The van der Waals surface area contributed by atoms with Gasteiger partial charge in [-0.25, -0.2) is 0 Å². The Hall–Kier alpha value is -3.18. The van der Waals surface area contributed by atoms with Gasteiger partial charge in [-0.2, -0.15) is 0 Å². The highest BCUT2D eigenvalue weighted by molar-refractivity contribution is 5.63. The lowest BCUT2D eigenvalue weighted by molar-refractivity contribution is -0.384. The molecular formula is C21H21N3O2. The first-order chi connectivity index (χ1) is 12.7. The van der Waals surface area contributed by atoms with Gasteiger partial charge in [0.1, 0.15) is 0 Å². The van der Waals surface area contributed by atoms with Crippen molar-refractivity contribution in [1.29, 1.82) is 0 Å². The molecule has 0 unspecified atom stereocenters. The number of anilines is 1. The molecule has 0 aromatic heterocycles. The second-order valence-electron chi connectivity index (χ2n) is 5.97. The van der Waals surface area contributed by atoms with Gasteiger partial charge < -0.3 is 10.6 Å². The summed E-state index contributed by atoms with van der Waals surface area (Å²) in [6.45, 7) is 2.36. The van der Waals surface area contributed by atoms with Gasteiger partial charge >= 0.3 is 0 Å². The number of nitrogens with zero attached hydrogens (tertiary/aromatic N) is 1. The Bertz CT molecular complexity index is 831. The zero-order valence-corrected chi connectivity index (χ0v) is 14.4. The van der Waals surface area contributed by atoms with Crippen LogP contribution in [0.2, 0.25) is 0 Å². The first-order valence-electron chi connectivity index (χ1n) is 8.56. The molecule has 3 aromatic rings. The highest BCUT2D eigenvalue weighted by atomic mass is 16.6. The van der Waals surface area contributed by atoms with E-state index in [2.05, 4.69) is 47.0 Å². The van der Waals surface area contributed by atoms with Gasteiger partial charge in [-0.15, -0.1) is 0 Å². The van der Waals surface area contributed by atoms with Crippen molar-refractivity contribution in [3.8, 4) is 11.1 Å². The van der Waals surface area contributed by atoms with E-state index in [4.69, 9.17) is 0 Å². The van der Waals surface area contributed by atoms with Crippen LogP contribution in [0.5, 0.6) is 0 Å². The minimum Gasteiger partial charge on any atom is -0.384 e. The fourth-order valence-corrected chi connectivity index (χ4v) is 2.67. The molecule has 0 saturated heterocycles. The second-order valence-corrected chi connectivity index (χ2v) is 5.97. The van der Waals surface area contributed by atoms with Gasteiger partial charge in [-0.05, 0) is 28.8 Å². The maximum Gasteiger partial charge on any atom is 0.269 e. The van der Waals surface area contributed by atoms with Gasteiger partial charge in [0.25, 0.3) is 5.69 Å². The van der Waals surface area contributed by atoms with E-state index in [1.807, 2.05) is 18.2 Å². The van der Waals surface area contributed by atoms with Gasteiger partial charge in [0.15, 0.2) is 0 Å². The Morgan fingerprint density at radius 3 is 2.08 bits per heavy atom. The van der Waals surface area contributed by atoms with Crippen LogP contribution in [0.25, 0.3) is 11.1 Å². The number of non-ortho nitro benzene ring substituents is 1. The van der Waals surface area contributed by atoms with Crippen LogP contribution < -0.4 is 10.6 Å². The molecule has 3 aromatic carbocycles. The molecule has 2 N–H and O–H groups in total. The third-order valence-corrected chi connectivity index (χ3v) is 4.10. The number of hydrogen-bond acceptors (Lipinski definition) is 4. The summed E-state index contributed by atoms with van der Waals surface area (Å²) in [4.78, 5) is 10.2. The largest absolute Gasteiger partial charge is 0.384 e.